The molecule has 0 amide bonds. The summed E-state index contributed by atoms with van der Waals surface area (Å²) < 4.78 is 0. The number of rotatable bonds is 2. The molecule has 0 spiro atoms. The van der Waals surface area contributed by atoms with Crippen molar-refractivity contribution in [3.05, 3.63) is 42.5 Å². The highest BCUT2D eigenvalue weighted by atomic mass is 31.0. The van der Waals surface area contributed by atoms with E-state index in [4.69, 9.17) is 0 Å². The average molecular weight is 162 g/mol. The van der Waals surface area contributed by atoms with Crippen molar-refractivity contribution in [1.82, 2.24) is 0 Å². The molecule has 56 valence electrons. The third-order valence-corrected chi connectivity index (χ3v) is 1.91. The van der Waals surface area contributed by atoms with Crippen LogP contribution >= 0.6 is 9.24 Å². The molecule has 0 aliphatic rings. The molecular formula is C10H11P. The fourth-order valence-corrected chi connectivity index (χ4v) is 1.23. The summed E-state index contributed by atoms with van der Waals surface area (Å²) >= 11 is 0. The Balaban J connectivity index is 3.26. The van der Waals surface area contributed by atoms with Crippen molar-refractivity contribution in [1.29, 1.82) is 0 Å². The summed E-state index contributed by atoms with van der Waals surface area (Å²) in [7, 11) is 2.65. The Morgan fingerprint density at radius 2 is 1.73 bits per heavy atom. The largest absolute Gasteiger partial charge is 0.106 e. The molecule has 0 aliphatic carbocycles. The van der Waals surface area contributed by atoms with Gasteiger partial charge in [-0.2, -0.15) is 0 Å². The van der Waals surface area contributed by atoms with Gasteiger partial charge in [0.15, 0.2) is 0 Å². The highest BCUT2D eigenvalue weighted by Crippen LogP contribution is 2.10. The van der Waals surface area contributed by atoms with E-state index in [2.05, 4.69) is 28.5 Å². The maximum Gasteiger partial charge on any atom is -0.0184 e. The smallest absolute Gasteiger partial charge is 0.0184 e. The van der Waals surface area contributed by atoms with Gasteiger partial charge in [0.1, 0.15) is 0 Å². The van der Waals surface area contributed by atoms with Gasteiger partial charge in [-0.3, -0.25) is 0 Å². The second-order valence-electron chi connectivity index (χ2n) is 2.30. The molecule has 0 aromatic heterocycles. The zero-order valence-electron chi connectivity index (χ0n) is 6.38. The van der Waals surface area contributed by atoms with Crippen LogP contribution in [0.4, 0.5) is 0 Å². The second kappa shape index (κ2) is 3.50. The predicted octanol–water partition coefficient (Wildman–Crippen LogP) is 2.47. The van der Waals surface area contributed by atoms with Crippen LogP contribution < -0.4 is 5.30 Å². The summed E-state index contributed by atoms with van der Waals surface area (Å²) in [5, 5.41) is 1.17. The molecule has 0 radical (unpaired) electrons. The zero-order chi connectivity index (χ0) is 8.27. The van der Waals surface area contributed by atoms with Gasteiger partial charge in [0.05, 0.1) is 0 Å². The normalized spacial score (nSPS) is 9.18. The molecule has 0 heterocycles. The van der Waals surface area contributed by atoms with E-state index in [1.54, 1.807) is 0 Å². The van der Waals surface area contributed by atoms with Crippen LogP contribution in [0.25, 0.3) is 12.2 Å². The standard InChI is InChI=1S/C10H11P/c1-3-8-5-6-10(11)7-9(8)4-2/h3-7H,1-2,11H2. The first-order valence-electron chi connectivity index (χ1n) is 3.42. The Morgan fingerprint density at radius 3 is 2.27 bits per heavy atom. The lowest BCUT2D eigenvalue weighted by Crippen LogP contribution is -1.91. The SMILES string of the molecule is C=Cc1ccc(P)cc1C=C. The Hall–Kier alpha value is -0.870. The van der Waals surface area contributed by atoms with E-state index in [9.17, 15) is 0 Å². The maximum absolute atomic E-state index is 3.72. The van der Waals surface area contributed by atoms with Crippen LogP contribution in [0.2, 0.25) is 0 Å². The van der Waals surface area contributed by atoms with Gasteiger partial charge in [-0.25, -0.2) is 0 Å². The molecule has 0 saturated carbocycles. The topological polar surface area (TPSA) is 0 Å². The van der Waals surface area contributed by atoms with E-state index in [-0.39, 0.29) is 0 Å². The summed E-state index contributed by atoms with van der Waals surface area (Å²) in [4.78, 5) is 0. The molecule has 0 bridgehead atoms. The van der Waals surface area contributed by atoms with Gasteiger partial charge in [-0.05, 0) is 22.5 Å². The van der Waals surface area contributed by atoms with E-state index < -0.39 is 0 Å². The Labute approximate surface area is 69.8 Å². The fourth-order valence-electron chi connectivity index (χ4n) is 0.956. The number of benzene rings is 1. The Morgan fingerprint density at radius 1 is 1.09 bits per heavy atom. The van der Waals surface area contributed by atoms with Gasteiger partial charge in [-0.15, -0.1) is 9.24 Å². The summed E-state index contributed by atoms with van der Waals surface area (Å²) in [6.07, 6.45) is 3.67. The molecule has 11 heavy (non-hydrogen) atoms. The summed E-state index contributed by atoms with van der Waals surface area (Å²) in [5.74, 6) is 0. The zero-order valence-corrected chi connectivity index (χ0v) is 7.53. The van der Waals surface area contributed by atoms with Crippen LogP contribution in [0, 0.1) is 0 Å². The minimum absolute atomic E-state index is 1.13. The minimum Gasteiger partial charge on any atom is -0.106 e. The Bertz CT molecular complexity index is 287. The first kappa shape index (κ1) is 8.23. The van der Waals surface area contributed by atoms with Crippen molar-refractivity contribution < 1.29 is 0 Å². The molecule has 0 nitrogen and oxygen atoms in total. The van der Waals surface area contributed by atoms with Gasteiger partial charge in [-0.1, -0.05) is 37.4 Å². The van der Waals surface area contributed by atoms with E-state index in [1.165, 1.54) is 5.30 Å². The predicted molar refractivity (Wildman–Crippen MR) is 56.0 cm³/mol. The van der Waals surface area contributed by atoms with E-state index in [0.29, 0.717) is 0 Å². The summed E-state index contributed by atoms with van der Waals surface area (Å²) in [5.41, 5.74) is 2.26. The minimum atomic E-state index is 1.13. The van der Waals surface area contributed by atoms with Gasteiger partial charge < -0.3 is 0 Å². The third-order valence-electron chi connectivity index (χ3n) is 1.55. The molecule has 0 aliphatic heterocycles. The van der Waals surface area contributed by atoms with Crippen molar-refractivity contribution >= 4 is 26.7 Å². The first-order valence-corrected chi connectivity index (χ1v) is 4.00. The van der Waals surface area contributed by atoms with Crippen molar-refractivity contribution in [2.75, 3.05) is 0 Å². The van der Waals surface area contributed by atoms with Crippen molar-refractivity contribution in [2.24, 2.45) is 0 Å². The summed E-state index contributed by atoms with van der Waals surface area (Å²) in [6, 6.07) is 6.13. The molecular weight excluding hydrogens is 151 g/mol. The monoisotopic (exact) mass is 162 g/mol. The molecule has 0 fully saturated rings. The van der Waals surface area contributed by atoms with Crippen molar-refractivity contribution in [2.45, 2.75) is 0 Å². The van der Waals surface area contributed by atoms with Gasteiger partial charge in [0.25, 0.3) is 0 Å². The average Bonchev–Trinajstić information content (AvgIpc) is 2.04. The lowest BCUT2D eigenvalue weighted by Gasteiger charge is -2.00. The van der Waals surface area contributed by atoms with E-state index in [1.807, 2.05) is 24.3 Å². The molecule has 0 N–H and O–H groups in total. The molecule has 1 heteroatoms. The lowest BCUT2D eigenvalue weighted by molar-refractivity contribution is 1.66. The fraction of sp³-hybridized carbons (Fsp3) is 0. The van der Waals surface area contributed by atoms with E-state index in [0.717, 1.165) is 11.1 Å². The highest BCUT2D eigenvalue weighted by Gasteiger charge is 1.93. The van der Waals surface area contributed by atoms with Crippen LogP contribution in [-0.2, 0) is 0 Å². The molecule has 1 aromatic rings. The maximum atomic E-state index is 3.72. The van der Waals surface area contributed by atoms with E-state index >= 15 is 0 Å². The highest BCUT2D eigenvalue weighted by molar-refractivity contribution is 7.27. The number of hydrogen-bond acceptors (Lipinski definition) is 0. The second-order valence-corrected chi connectivity index (χ2v) is 2.96. The third kappa shape index (κ3) is 1.78. The lowest BCUT2D eigenvalue weighted by atomic mass is 10.1. The first-order chi connectivity index (χ1) is 5.27. The van der Waals surface area contributed by atoms with Gasteiger partial charge >= 0.3 is 0 Å². The number of hydrogen-bond donors (Lipinski definition) is 0. The Kier molecular flexibility index (Phi) is 2.62. The van der Waals surface area contributed by atoms with Gasteiger partial charge in [0, 0.05) is 0 Å². The van der Waals surface area contributed by atoms with Crippen LogP contribution in [0.15, 0.2) is 31.4 Å². The molecule has 0 saturated heterocycles. The van der Waals surface area contributed by atoms with Crippen molar-refractivity contribution in [3.8, 4) is 0 Å². The van der Waals surface area contributed by atoms with Crippen LogP contribution in [0.3, 0.4) is 0 Å². The van der Waals surface area contributed by atoms with Gasteiger partial charge in [0.2, 0.25) is 0 Å². The molecule has 1 aromatic carbocycles. The summed E-state index contributed by atoms with van der Waals surface area (Å²) in [6.45, 7) is 7.44. The quantitative estimate of drug-likeness (QED) is 0.586. The van der Waals surface area contributed by atoms with Crippen LogP contribution in [0.1, 0.15) is 11.1 Å². The molecule has 1 rings (SSSR count). The van der Waals surface area contributed by atoms with Crippen molar-refractivity contribution in [3.63, 3.8) is 0 Å². The molecule has 1 unspecified atom stereocenters. The van der Waals surface area contributed by atoms with Crippen LogP contribution in [-0.4, -0.2) is 0 Å². The molecule has 1 atom stereocenters. The van der Waals surface area contributed by atoms with Crippen LogP contribution in [0.5, 0.6) is 0 Å².